The van der Waals surface area contributed by atoms with E-state index in [0.29, 0.717) is 0 Å². The minimum Gasteiger partial charge on any atom is -0.495 e. The highest BCUT2D eigenvalue weighted by Crippen LogP contribution is 2.47. The van der Waals surface area contributed by atoms with Crippen molar-refractivity contribution >= 4 is 34.0 Å². The molecule has 0 N–H and O–H groups in total. The summed E-state index contributed by atoms with van der Waals surface area (Å²) in [4.78, 5) is 15.8. The Balaban J connectivity index is 1.40. The summed E-state index contributed by atoms with van der Waals surface area (Å²) in [5.74, 6) is 1.63. The molecule has 0 aliphatic carbocycles. The minimum atomic E-state index is 0.813. The average Bonchev–Trinajstić information content (AvgIpc) is 3.46. The van der Waals surface area contributed by atoms with Gasteiger partial charge in [-0.15, -0.1) is 0 Å². The number of anilines is 2. The van der Waals surface area contributed by atoms with Crippen molar-refractivity contribution in [2.45, 2.75) is 13.8 Å². The first-order valence-corrected chi connectivity index (χ1v) is 13.7. The summed E-state index contributed by atoms with van der Waals surface area (Å²) in [6.45, 7) is 5.64. The predicted octanol–water partition coefficient (Wildman–Crippen LogP) is 6.16. The number of aromatic nitrogens is 2. The zero-order valence-electron chi connectivity index (χ0n) is 23.1. The number of likely N-dealkylation sites (N-methyl/N-ethyl adjacent to an activating group) is 2. The van der Waals surface area contributed by atoms with Gasteiger partial charge in [0.05, 0.1) is 73.3 Å². The van der Waals surface area contributed by atoms with Crippen LogP contribution in [-0.4, -0.2) is 65.6 Å². The highest BCUT2D eigenvalue weighted by molar-refractivity contribution is 7.18. The first kappa shape index (κ1) is 27.5. The SMILES string of the molecule is COc1sc(-c2ccc(N(C)CCN(C)c3ccc(-c4sc(OC)c(C)c4OC)nc3)cn2)c(OC)c1C. The van der Waals surface area contributed by atoms with Crippen LogP contribution in [0.3, 0.4) is 0 Å². The van der Waals surface area contributed by atoms with Gasteiger partial charge >= 0.3 is 0 Å². The second-order valence-electron chi connectivity index (χ2n) is 8.81. The molecule has 4 heterocycles. The van der Waals surface area contributed by atoms with Crippen LogP contribution in [-0.2, 0) is 0 Å². The fraction of sp³-hybridized carbons (Fsp3) is 0.357. The maximum absolute atomic E-state index is 5.61. The van der Waals surface area contributed by atoms with E-state index >= 15 is 0 Å². The van der Waals surface area contributed by atoms with E-state index in [1.807, 2.05) is 38.4 Å². The van der Waals surface area contributed by atoms with Crippen LogP contribution in [0.1, 0.15) is 11.1 Å². The molecule has 0 aliphatic rings. The molecule has 10 heteroatoms. The molecule has 4 aromatic rings. The molecule has 0 bridgehead atoms. The Kier molecular flexibility index (Phi) is 8.63. The van der Waals surface area contributed by atoms with Crippen molar-refractivity contribution in [2.24, 2.45) is 0 Å². The Bertz CT molecular complexity index is 1260. The summed E-state index contributed by atoms with van der Waals surface area (Å²) in [7, 11) is 10.9. The van der Waals surface area contributed by atoms with Crippen molar-refractivity contribution in [1.29, 1.82) is 0 Å². The molecular formula is C28H34N4O4S2. The number of pyridine rings is 2. The second-order valence-corrected chi connectivity index (χ2v) is 10.8. The van der Waals surface area contributed by atoms with Gasteiger partial charge in [-0.2, -0.15) is 0 Å². The van der Waals surface area contributed by atoms with Crippen LogP contribution in [0.2, 0.25) is 0 Å². The van der Waals surface area contributed by atoms with Gasteiger partial charge in [0.2, 0.25) is 0 Å². The summed E-state index contributed by atoms with van der Waals surface area (Å²) < 4.78 is 22.2. The first-order chi connectivity index (χ1) is 18.3. The monoisotopic (exact) mass is 554 g/mol. The van der Waals surface area contributed by atoms with Gasteiger partial charge in [-0.25, -0.2) is 0 Å². The molecule has 0 aliphatic heterocycles. The first-order valence-electron chi connectivity index (χ1n) is 12.1. The molecule has 0 aromatic carbocycles. The molecule has 4 aromatic heterocycles. The number of methoxy groups -OCH3 is 4. The van der Waals surface area contributed by atoms with Crippen molar-refractivity contribution in [3.8, 4) is 42.8 Å². The van der Waals surface area contributed by atoms with E-state index < -0.39 is 0 Å². The summed E-state index contributed by atoms with van der Waals surface area (Å²) >= 11 is 3.09. The molecule has 8 nitrogen and oxygen atoms in total. The molecule has 0 amide bonds. The van der Waals surface area contributed by atoms with E-state index in [9.17, 15) is 0 Å². The molecule has 0 atom stereocenters. The van der Waals surface area contributed by atoms with Crippen LogP contribution in [0.15, 0.2) is 36.7 Å². The smallest absolute Gasteiger partial charge is 0.180 e. The van der Waals surface area contributed by atoms with Crippen LogP contribution in [0.25, 0.3) is 21.1 Å². The fourth-order valence-electron chi connectivity index (χ4n) is 4.23. The van der Waals surface area contributed by atoms with Crippen LogP contribution < -0.4 is 28.7 Å². The van der Waals surface area contributed by atoms with Gasteiger partial charge < -0.3 is 28.7 Å². The number of nitrogens with zero attached hydrogens (tertiary/aromatic N) is 4. The van der Waals surface area contributed by atoms with Gasteiger partial charge in [0.15, 0.2) is 10.1 Å². The Morgan fingerprint density at radius 2 is 1.03 bits per heavy atom. The highest BCUT2D eigenvalue weighted by atomic mass is 32.1. The molecule has 202 valence electrons. The zero-order chi connectivity index (χ0) is 27.4. The maximum atomic E-state index is 5.61. The van der Waals surface area contributed by atoms with Crippen molar-refractivity contribution in [3.05, 3.63) is 47.8 Å². The third-order valence-corrected chi connectivity index (χ3v) is 9.00. The topological polar surface area (TPSA) is 69.2 Å². The van der Waals surface area contributed by atoms with Crippen molar-refractivity contribution in [3.63, 3.8) is 0 Å². The quantitative estimate of drug-likeness (QED) is 0.218. The lowest BCUT2D eigenvalue weighted by Gasteiger charge is -2.25. The molecule has 0 fully saturated rings. The predicted molar refractivity (Wildman–Crippen MR) is 157 cm³/mol. The standard InChI is InChI=1S/C28H34N4O4S2/c1-17-23(33-5)25(37-27(17)35-7)21-11-9-19(15-29-21)31(3)13-14-32(4)20-10-12-22(30-16-20)26-24(34-6)18(2)28(36-8)38-26/h9-12,15-16H,13-14H2,1-8H3. The Labute approximate surface area is 232 Å². The third-order valence-electron chi connectivity index (χ3n) is 6.49. The van der Waals surface area contributed by atoms with Crippen molar-refractivity contribution in [2.75, 3.05) is 65.4 Å². The number of thiophene rings is 2. The number of rotatable bonds is 11. The van der Waals surface area contributed by atoms with Gasteiger partial charge in [0.1, 0.15) is 11.5 Å². The molecule has 0 unspecified atom stereocenters. The number of ether oxygens (including phenoxy) is 4. The molecule has 0 saturated carbocycles. The largest absolute Gasteiger partial charge is 0.495 e. The van der Waals surface area contributed by atoms with Gasteiger partial charge in [-0.3, -0.25) is 9.97 Å². The summed E-state index contributed by atoms with van der Waals surface area (Å²) in [6, 6.07) is 8.23. The molecular weight excluding hydrogens is 520 g/mol. The molecule has 0 radical (unpaired) electrons. The summed E-state index contributed by atoms with van der Waals surface area (Å²) in [6.07, 6.45) is 3.80. The highest BCUT2D eigenvalue weighted by Gasteiger charge is 2.20. The van der Waals surface area contributed by atoms with E-state index in [2.05, 4.69) is 36.0 Å². The lowest BCUT2D eigenvalue weighted by atomic mass is 10.2. The van der Waals surface area contributed by atoms with E-state index in [1.165, 1.54) is 0 Å². The third kappa shape index (κ3) is 5.37. The summed E-state index contributed by atoms with van der Waals surface area (Å²) in [5.41, 5.74) is 5.82. The molecule has 38 heavy (non-hydrogen) atoms. The molecule has 0 spiro atoms. The van der Waals surface area contributed by atoms with Gasteiger partial charge in [0, 0.05) is 38.3 Å². The van der Waals surface area contributed by atoms with Crippen LogP contribution in [0, 0.1) is 13.8 Å². The lowest BCUT2D eigenvalue weighted by molar-refractivity contribution is 0.400. The van der Waals surface area contributed by atoms with Crippen LogP contribution in [0.4, 0.5) is 11.4 Å². The van der Waals surface area contributed by atoms with Gasteiger partial charge in [-0.1, -0.05) is 22.7 Å². The summed E-state index contributed by atoms with van der Waals surface area (Å²) in [5, 5.41) is 1.68. The normalized spacial score (nSPS) is 10.8. The van der Waals surface area contributed by atoms with E-state index in [-0.39, 0.29) is 0 Å². The second kappa shape index (κ2) is 11.9. The van der Waals surface area contributed by atoms with Crippen molar-refractivity contribution in [1.82, 2.24) is 9.97 Å². The Hall–Kier alpha value is -3.50. The van der Waals surface area contributed by atoms with Gasteiger partial charge in [-0.05, 0) is 38.1 Å². The van der Waals surface area contributed by atoms with E-state index in [1.54, 1.807) is 51.1 Å². The molecule has 4 rings (SSSR count). The fourth-order valence-corrected chi connectivity index (χ4v) is 6.36. The average molecular weight is 555 g/mol. The number of hydrogen-bond acceptors (Lipinski definition) is 10. The van der Waals surface area contributed by atoms with E-state index in [4.69, 9.17) is 28.9 Å². The lowest BCUT2D eigenvalue weighted by Crippen LogP contribution is -2.30. The van der Waals surface area contributed by atoms with Gasteiger partial charge in [0.25, 0.3) is 0 Å². The van der Waals surface area contributed by atoms with Crippen LogP contribution >= 0.6 is 22.7 Å². The minimum absolute atomic E-state index is 0.813. The Morgan fingerprint density at radius 3 is 1.32 bits per heavy atom. The zero-order valence-corrected chi connectivity index (χ0v) is 24.7. The number of hydrogen-bond donors (Lipinski definition) is 0. The molecule has 0 saturated heterocycles. The maximum Gasteiger partial charge on any atom is 0.180 e. The van der Waals surface area contributed by atoms with E-state index in [0.717, 1.165) is 78.4 Å². The Morgan fingerprint density at radius 1 is 0.632 bits per heavy atom. The van der Waals surface area contributed by atoms with Crippen molar-refractivity contribution < 1.29 is 18.9 Å². The van der Waals surface area contributed by atoms with Crippen LogP contribution in [0.5, 0.6) is 21.6 Å².